The van der Waals surface area contributed by atoms with Gasteiger partial charge in [0.15, 0.2) is 0 Å². The van der Waals surface area contributed by atoms with E-state index in [0.29, 0.717) is 18.7 Å². The molecule has 1 atom stereocenters. The molecule has 0 amide bonds. The Balaban J connectivity index is 0.00000220. The van der Waals surface area contributed by atoms with Crippen LogP contribution in [0.1, 0.15) is 18.0 Å². The van der Waals surface area contributed by atoms with Crippen molar-refractivity contribution < 1.29 is 13.2 Å². The molecule has 1 aromatic carbocycles. The molecule has 0 aliphatic carbocycles. The van der Waals surface area contributed by atoms with Gasteiger partial charge in [-0.1, -0.05) is 6.07 Å². The van der Waals surface area contributed by atoms with Gasteiger partial charge < -0.3 is 5.32 Å². The molecule has 8 heteroatoms. The molecule has 0 radical (unpaired) electrons. The molecular formula is C13H16Br2ClF3N2. The first kappa shape index (κ1) is 19.2. The van der Waals surface area contributed by atoms with E-state index in [9.17, 15) is 13.2 Å². The minimum Gasteiger partial charge on any atom is -0.314 e. The first-order valence-corrected chi connectivity index (χ1v) is 7.92. The Bertz CT molecular complexity index is 465. The van der Waals surface area contributed by atoms with Crippen molar-refractivity contribution in [3.63, 3.8) is 0 Å². The van der Waals surface area contributed by atoms with Crippen molar-refractivity contribution in [2.24, 2.45) is 0 Å². The highest BCUT2D eigenvalue weighted by Gasteiger charge is 2.36. The lowest BCUT2D eigenvalue weighted by Crippen LogP contribution is -2.46. The topological polar surface area (TPSA) is 15.3 Å². The van der Waals surface area contributed by atoms with Gasteiger partial charge in [0.05, 0.1) is 6.42 Å². The van der Waals surface area contributed by atoms with E-state index in [1.54, 1.807) is 18.2 Å². The van der Waals surface area contributed by atoms with Gasteiger partial charge >= 0.3 is 6.18 Å². The van der Waals surface area contributed by atoms with Gasteiger partial charge in [0, 0.05) is 41.2 Å². The predicted molar refractivity (Wildman–Crippen MR) is 86.9 cm³/mol. The molecule has 0 spiro atoms. The van der Waals surface area contributed by atoms with E-state index < -0.39 is 18.6 Å². The van der Waals surface area contributed by atoms with Gasteiger partial charge in [-0.2, -0.15) is 13.2 Å². The van der Waals surface area contributed by atoms with Gasteiger partial charge in [0.25, 0.3) is 0 Å². The summed E-state index contributed by atoms with van der Waals surface area (Å²) >= 11 is 6.70. The summed E-state index contributed by atoms with van der Waals surface area (Å²) in [6.45, 7) is 2.72. The molecule has 2 nitrogen and oxygen atoms in total. The molecule has 1 saturated heterocycles. The molecule has 1 N–H and O–H groups in total. The van der Waals surface area contributed by atoms with Crippen LogP contribution in [0.15, 0.2) is 27.1 Å². The molecular weight excluding hydrogens is 436 g/mol. The zero-order valence-electron chi connectivity index (χ0n) is 11.1. The summed E-state index contributed by atoms with van der Waals surface area (Å²) in [6, 6.07) is 4.68. The van der Waals surface area contributed by atoms with Crippen molar-refractivity contribution in [1.29, 1.82) is 0 Å². The maximum absolute atomic E-state index is 12.9. The van der Waals surface area contributed by atoms with Crippen molar-refractivity contribution >= 4 is 44.3 Å². The van der Waals surface area contributed by atoms with Gasteiger partial charge in [-0.05, 0) is 49.6 Å². The number of hydrogen-bond donors (Lipinski definition) is 1. The second kappa shape index (κ2) is 8.15. The Hall–Kier alpha value is 0.180. The Morgan fingerprint density at radius 2 is 1.76 bits per heavy atom. The molecule has 1 fully saturated rings. The van der Waals surface area contributed by atoms with Crippen molar-refractivity contribution in [2.75, 3.05) is 26.2 Å². The quantitative estimate of drug-likeness (QED) is 0.725. The van der Waals surface area contributed by atoms with E-state index in [-0.39, 0.29) is 12.4 Å². The zero-order valence-corrected chi connectivity index (χ0v) is 15.1. The molecule has 1 heterocycles. The Morgan fingerprint density at radius 3 is 2.29 bits per heavy atom. The van der Waals surface area contributed by atoms with Crippen LogP contribution < -0.4 is 5.32 Å². The number of nitrogens with zero attached hydrogens (tertiary/aromatic N) is 1. The highest BCUT2D eigenvalue weighted by Crippen LogP contribution is 2.36. The number of rotatable bonds is 3. The smallest absolute Gasteiger partial charge is 0.314 e. The van der Waals surface area contributed by atoms with E-state index >= 15 is 0 Å². The van der Waals surface area contributed by atoms with Crippen LogP contribution in [0, 0.1) is 0 Å². The largest absolute Gasteiger partial charge is 0.390 e. The minimum atomic E-state index is -4.17. The predicted octanol–water partition coefficient (Wildman–Crippen LogP) is 4.53. The Kier molecular flexibility index (Phi) is 7.46. The molecule has 21 heavy (non-hydrogen) atoms. The van der Waals surface area contributed by atoms with Crippen LogP contribution in [-0.2, 0) is 0 Å². The summed E-state index contributed by atoms with van der Waals surface area (Å²) in [4.78, 5) is 1.90. The third kappa shape index (κ3) is 5.71. The molecule has 0 aromatic heterocycles. The maximum Gasteiger partial charge on any atom is 0.390 e. The fourth-order valence-corrected chi connectivity index (χ4v) is 3.03. The molecule has 0 bridgehead atoms. The standard InChI is InChI=1S/C13H15Br2F3N2.ClH/c14-10-2-1-9(7-11(10)15)12(8-13(16,17)18)20-5-3-19-4-6-20;/h1-2,7,12,19H,3-6,8H2;1H/t12-;/m1./s1. The summed E-state index contributed by atoms with van der Waals surface area (Å²) in [7, 11) is 0. The van der Waals surface area contributed by atoms with Crippen molar-refractivity contribution in [2.45, 2.75) is 18.6 Å². The zero-order chi connectivity index (χ0) is 14.8. The highest BCUT2D eigenvalue weighted by molar-refractivity contribution is 9.13. The van der Waals surface area contributed by atoms with Crippen LogP contribution in [0.25, 0.3) is 0 Å². The summed E-state index contributed by atoms with van der Waals surface area (Å²) < 4.78 is 40.2. The lowest BCUT2D eigenvalue weighted by Gasteiger charge is -2.35. The fraction of sp³-hybridized carbons (Fsp3) is 0.538. The average Bonchev–Trinajstić information content (AvgIpc) is 2.39. The van der Waals surface area contributed by atoms with E-state index in [4.69, 9.17) is 0 Å². The van der Waals surface area contributed by atoms with Crippen LogP contribution >= 0.6 is 44.3 Å². The maximum atomic E-state index is 12.9. The number of piperazine rings is 1. The first-order valence-electron chi connectivity index (χ1n) is 6.33. The third-order valence-corrected chi connectivity index (χ3v) is 5.23. The number of alkyl halides is 3. The summed E-state index contributed by atoms with van der Waals surface area (Å²) in [5.74, 6) is 0. The number of halogens is 6. The summed E-state index contributed by atoms with van der Waals surface area (Å²) in [5.41, 5.74) is 0.694. The monoisotopic (exact) mass is 450 g/mol. The van der Waals surface area contributed by atoms with Gasteiger partial charge in [0.1, 0.15) is 0 Å². The number of hydrogen-bond acceptors (Lipinski definition) is 2. The van der Waals surface area contributed by atoms with Gasteiger partial charge in [-0.25, -0.2) is 0 Å². The summed E-state index contributed by atoms with van der Waals surface area (Å²) in [6.07, 6.45) is -4.99. The van der Waals surface area contributed by atoms with E-state index in [1.165, 1.54) is 0 Å². The minimum absolute atomic E-state index is 0. The van der Waals surface area contributed by atoms with E-state index in [2.05, 4.69) is 37.2 Å². The average molecular weight is 453 g/mol. The fourth-order valence-electron chi connectivity index (χ4n) is 2.39. The Labute approximate surface area is 145 Å². The van der Waals surface area contributed by atoms with Crippen LogP contribution in [0.3, 0.4) is 0 Å². The van der Waals surface area contributed by atoms with Crippen LogP contribution in [-0.4, -0.2) is 37.3 Å². The normalized spacial score (nSPS) is 18.1. The number of nitrogens with one attached hydrogen (secondary N) is 1. The van der Waals surface area contributed by atoms with Crippen molar-refractivity contribution in [3.8, 4) is 0 Å². The molecule has 0 unspecified atom stereocenters. The SMILES string of the molecule is Cl.FC(F)(F)C[C@H](c1ccc(Br)c(Br)c1)N1CCNCC1. The molecule has 1 aliphatic heterocycles. The van der Waals surface area contributed by atoms with E-state index in [0.717, 1.165) is 22.0 Å². The number of benzene rings is 1. The summed E-state index contributed by atoms with van der Waals surface area (Å²) in [5, 5.41) is 3.16. The second-order valence-electron chi connectivity index (χ2n) is 4.79. The van der Waals surface area contributed by atoms with Crippen molar-refractivity contribution in [1.82, 2.24) is 10.2 Å². The molecule has 120 valence electrons. The lowest BCUT2D eigenvalue weighted by molar-refractivity contribution is -0.148. The van der Waals surface area contributed by atoms with Gasteiger partial charge in [-0.15, -0.1) is 12.4 Å². The molecule has 2 rings (SSSR count). The van der Waals surface area contributed by atoms with Gasteiger partial charge in [-0.3, -0.25) is 4.90 Å². The Morgan fingerprint density at radius 1 is 1.14 bits per heavy atom. The first-order chi connectivity index (χ1) is 9.37. The van der Waals surface area contributed by atoms with E-state index in [1.807, 2.05) is 4.90 Å². The van der Waals surface area contributed by atoms with Gasteiger partial charge in [0.2, 0.25) is 0 Å². The van der Waals surface area contributed by atoms with Crippen LogP contribution in [0.5, 0.6) is 0 Å². The molecule has 0 saturated carbocycles. The van der Waals surface area contributed by atoms with Crippen LogP contribution in [0.2, 0.25) is 0 Å². The third-order valence-electron chi connectivity index (χ3n) is 3.35. The lowest BCUT2D eigenvalue weighted by atomic mass is 10.0. The van der Waals surface area contributed by atoms with Crippen molar-refractivity contribution in [3.05, 3.63) is 32.7 Å². The molecule has 1 aliphatic rings. The van der Waals surface area contributed by atoms with Crippen LogP contribution in [0.4, 0.5) is 13.2 Å². The molecule has 1 aromatic rings. The second-order valence-corrected chi connectivity index (χ2v) is 6.50. The highest BCUT2D eigenvalue weighted by atomic mass is 79.9.